The molecular weight excluding hydrogens is 234 g/mol. The fourth-order valence-corrected chi connectivity index (χ4v) is 1.34. The molecule has 0 saturated carbocycles. The second-order valence-corrected chi connectivity index (χ2v) is 6.12. The lowest BCUT2D eigenvalue weighted by atomic mass is 10.3. The third kappa shape index (κ3) is 3.77. The zero-order chi connectivity index (χ0) is 11.5. The maximum Gasteiger partial charge on any atom is 0.156 e. The summed E-state index contributed by atoms with van der Waals surface area (Å²) in [5.41, 5.74) is 0.428. The molecule has 0 bridgehead atoms. The fraction of sp³-hybridized carbons (Fsp3) is 0.444. The van der Waals surface area contributed by atoms with E-state index in [1.165, 1.54) is 18.6 Å². The monoisotopic (exact) mass is 245 g/mol. The highest BCUT2D eigenvalue weighted by molar-refractivity contribution is 7.91. The Kier molecular flexibility index (Phi) is 4.07. The highest BCUT2D eigenvalue weighted by Crippen LogP contribution is 2.17. The van der Waals surface area contributed by atoms with Gasteiger partial charge in [0, 0.05) is 12.4 Å². The Balaban J connectivity index is 2.79. The van der Waals surface area contributed by atoms with E-state index >= 15 is 0 Å². The van der Waals surface area contributed by atoms with Crippen molar-refractivity contribution in [1.29, 1.82) is 0 Å². The molecule has 0 aromatic carbocycles. The highest BCUT2D eigenvalue weighted by Gasteiger charge is 2.25. The normalized spacial score (nSPS) is 14.5. The average Bonchev–Trinajstić information content (AvgIpc) is 2.14. The van der Waals surface area contributed by atoms with E-state index in [-0.39, 0.29) is 9.90 Å². The minimum atomic E-state index is -1.30. The summed E-state index contributed by atoms with van der Waals surface area (Å²) < 4.78 is 15.1. The molecule has 0 aliphatic carbocycles. The molecule has 0 aliphatic rings. The van der Waals surface area contributed by atoms with Gasteiger partial charge in [-0.05, 0) is 20.8 Å². The van der Waals surface area contributed by atoms with E-state index in [9.17, 15) is 4.55 Å². The molecule has 0 radical (unpaired) electrons. The third-order valence-electron chi connectivity index (χ3n) is 1.47. The molecule has 0 spiro atoms. The van der Waals surface area contributed by atoms with Crippen molar-refractivity contribution in [2.75, 3.05) is 0 Å². The fourth-order valence-electron chi connectivity index (χ4n) is 0.674. The lowest BCUT2D eigenvalue weighted by Crippen LogP contribution is -2.25. The Morgan fingerprint density at radius 1 is 1.40 bits per heavy atom. The van der Waals surface area contributed by atoms with Gasteiger partial charge in [-0.1, -0.05) is 16.0 Å². The van der Waals surface area contributed by atoms with Crippen LogP contribution in [0.25, 0.3) is 0 Å². The van der Waals surface area contributed by atoms with Gasteiger partial charge in [0.15, 0.2) is 5.15 Å². The Morgan fingerprint density at radius 2 is 2.00 bits per heavy atom. The molecule has 0 amide bonds. The van der Waals surface area contributed by atoms with Gasteiger partial charge in [-0.25, -0.2) is 4.98 Å². The summed E-state index contributed by atoms with van der Waals surface area (Å²) in [6, 6.07) is 0. The summed E-state index contributed by atoms with van der Waals surface area (Å²) in [4.78, 5) is 7.79. The molecule has 15 heavy (non-hydrogen) atoms. The first kappa shape index (κ1) is 12.4. The Labute approximate surface area is 97.1 Å². The van der Waals surface area contributed by atoms with Crippen LogP contribution in [0.15, 0.2) is 16.8 Å². The summed E-state index contributed by atoms with van der Waals surface area (Å²) in [5.74, 6) is 0. The van der Waals surface area contributed by atoms with Gasteiger partial charge in [0.2, 0.25) is 0 Å². The maximum atomic E-state index is 11.6. The molecule has 0 fully saturated rings. The third-order valence-corrected chi connectivity index (χ3v) is 3.11. The van der Waals surface area contributed by atoms with Crippen LogP contribution in [0.5, 0.6) is 0 Å². The zero-order valence-corrected chi connectivity index (χ0v) is 10.3. The summed E-state index contributed by atoms with van der Waals surface area (Å²) in [6.07, 6.45) is 4.38. The van der Waals surface area contributed by atoms with Crippen LogP contribution in [0.4, 0.5) is 0 Å². The van der Waals surface area contributed by atoms with Crippen molar-refractivity contribution in [2.24, 2.45) is 4.40 Å². The largest absolute Gasteiger partial charge is 0.591 e. The molecule has 0 N–H and O–H groups in total. The second-order valence-electron chi connectivity index (χ2n) is 3.83. The average molecular weight is 246 g/mol. The second kappa shape index (κ2) is 4.92. The Bertz CT molecular complexity index is 365. The smallest absolute Gasteiger partial charge is 0.156 e. The van der Waals surface area contributed by atoms with E-state index in [1.54, 1.807) is 0 Å². The van der Waals surface area contributed by atoms with Crippen molar-refractivity contribution in [3.05, 3.63) is 23.2 Å². The zero-order valence-electron chi connectivity index (χ0n) is 8.77. The minimum Gasteiger partial charge on any atom is -0.591 e. The standard InChI is InChI=1S/C9H12ClN3OS/c1-9(2,3)15(14)13-6-7-8(10)12-5-4-11-7/h4-6H,1-3H3/b13-6+. The lowest BCUT2D eigenvalue weighted by Gasteiger charge is -2.17. The van der Waals surface area contributed by atoms with Crippen LogP contribution in [-0.2, 0) is 11.4 Å². The highest BCUT2D eigenvalue weighted by atomic mass is 35.5. The van der Waals surface area contributed by atoms with Crippen LogP contribution < -0.4 is 0 Å². The van der Waals surface area contributed by atoms with Gasteiger partial charge in [-0.3, -0.25) is 4.98 Å². The van der Waals surface area contributed by atoms with Crippen LogP contribution in [0.2, 0.25) is 5.15 Å². The van der Waals surface area contributed by atoms with Crippen LogP contribution in [0.1, 0.15) is 26.5 Å². The number of aromatic nitrogens is 2. The van der Waals surface area contributed by atoms with Gasteiger partial charge in [-0.2, -0.15) is 0 Å². The minimum absolute atomic E-state index is 0.257. The molecular formula is C9H12ClN3OS. The maximum absolute atomic E-state index is 11.6. The first-order valence-corrected chi connectivity index (χ1v) is 5.82. The van der Waals surface area contributed by atoms with Crippen molar-refractivity contribution < 1.29 is 4.55 Å². The molecule has 82 valence electrons. The van der Waals surface area contributed by atoms with Crippen molar-refractivity contribution in [2.45, 2.75) is 25.5 Å². The summed E-state index contributed by atoms with van der Waals surface area (Å²) in [5, 5.41) is 0.257. The Morgan fingerprint density at radius 3 is 2.53 bits per heavy atom. The Hall–Kier alpha value is -0.650. The van der Waals surface area contributed by atoms with E-state index in [2.05, 4.69) is 14.4 Å². The van der Waals surface area contributed by atoms with Gasteiger partial charge in [0.1, 0.15) is 28.0 Å². The topological polar surface area (TPSA) is 61.2 Å². The van der Waals surface area contributed by atoms with Crippen molar-refractivity contribution in [3.8, 4) is 0 Å². The molecule has 4 nitrogen and oxygen atoms in total. The van der Waals surface area contributed by atoms with E-state index in [1.807, 2.05) is 20.8 Å². The molecule has 0 aliphatic heterocycles. The molecule has 1 aromatic rings. The summed E-state index contributed by atoms with van der Waals surface area (Å²) >= 11 is 4.46. The number of nitrogens with zero attached hydrogens (tertiary/aromatic N) is 3. The van der Waals surface area contributed by atoms with Crippen molar-refractivity contribution >= 4 is 29.2 Å². The van der Waals surface area contributed by atoms with Gasteiger partial charge in [-0.15, -0.1) is 0 Å². The van der Waals surface area contributed by atoms with E-state index < -0.39 is 11.4 Å². The van der Waals surface area contributed by atoms with Crippen LogP contribution >= 0.6 is 11.6 Å². The lowest BCUT2D eigenvalue weighted by molar-refractivity contribution is 0.562. The van der Waals surface area contributed by atoms with Crippen molar-refractivity contribution in [3.63, 3.8) is 0 Å². The van der Waals surface area contributed by atoms with Gasteiger partial charge < -0.3 is 4.55 Å². The molecule has 1 heterocycles. The van der Waals surface area contributed by atoms with Crippen LogP contribution in [-0.4, -0.2) is 25.5 Å². The van der Waals surface area contributed by atoms with Gasteiger partial charge in [0.25, 0.3) is 0 Å². The van der Waals surface area contributed by atoms with E-state index in [0.717, 1.165) is 0 Å². The first-order chi connectivity index (χ1) is 6.91. The molecule has 1 unspecified atom stereocenters. The molecule has 1 atom stereocenters. The summed E-state index contributed by atoms with van der Waals surface area (Å²) in [6.45, 7) is 5.54. The van der Waals surface area contributed by atoms with Gasteiger partial charge >= 0.3 is 0 Å². The number of halogens is 1. The molecule has 6 heteroatoms. The number of hydrogen-bond acceptors (Lipinski definition) is 4. The molecule has 1 rings (SSSR count). The van der Waals surface area contributed by atoms with Crippen molar-refractivity contribution in [1.82, 2.24) is 9.97 Å². The van der Waals surface area contributed by atoms with Crippen LogP contribution in [0.3, 0.4) is 0 Å². The SMILES string of the molecule is CC(C)(C)[S+]([O-])/N=C/c1nccnc1Cl. The predicted molar refractivity (Wildman–Crippen MR) is 62.5 cm³/mol. The summed E-state index contributed by atoms with van der Waals surface area (Å²) in [7, 11) is 0. The van der Waals surface area contributed by atoms with Gasteiger partial charge in [0.05, 0.1) is 0 Å². The number of rotatable bonds is 2. The predicted octanol–water partition coefficient (Wildman–Crippen LogP) is 2.01. The quantitative estimate of drug-likeness (QED) is 0.592. The first-order valence-electron chi connectivity index (χ1n) is 4.34. The molecule has 0 saturated heterocycles. The van der Waals surface area contributed by atoms with E-state index in [4.69, 9.17) is 11.6 Å². The van der Waals surface area contributed by atoms with E-state index in [0.29, 0.717) is 5.69 Å². The van der Waals surface area contributed by atoms with Crippen LogP contribution in [0, 0.1) is 0 Å². The number of hydrogen-bond donors (Lipinski definition) is 0. The molecule has 1 aromatic heterocycles.